The number of aliphatic hydroxyl groups is 1. The van der Waals surface area contributed by atoms with Gasteiger partial charge in [-0.3, -0.25) is 4.79 Å². The third-order valence-corrected chi connectivity index (χ3v) is 5.79. The van der Waals surface area contributed by atoms with E-state index < -0.39 is 0 Å². The zero-order valence-electron chi connectivity index (χ0n) is 19.2. The average Bonchev–Trinajstić information content (AvgIpc) is 2.70. The van der Waals surface area contributed by atoms with Crippen LogP contribution in [0.4, 0.5) is 0 Å². The molecule has 0 aliphatic carbocycles. The Kier molecular flexibility index (Phi) is 22.3. The first-order chi connectivity index (χ1) is 13.7. The first-order valence-electron chi connectivity index (χ1n) is 12.5. The van der Waals surface area contributed by atoms with Crippen LogP contribution in [0.1, 0.15) is 142 Å². The molecule has 0 aromatic carbocycles. The minimum atomic E-state index is -0.0964. The molecule has 1 unspecified atom stereocenters. The number of hydrogen-bond acceptors (Lipinski definition) is 3. The van der Waals surface area contributed by atoms with Crippen molar-refractivity contribution in [3.63, 3.8) is 0 Å². The fourth-order valence-corrected chi connectivity index (χ4v) is 3.82. The Morgan fingerprint density at radius 3 is 1.39 bits per heavy atom. The number of carbonyl (C=O) groups excluding carboxylic acids is 1. The number of esters is 1. The highest BCUT2D eigenvalue weighted by Gasteiger charge is 2.04. The molecule has 28 heavy (non-hydrogen) atoms. The lowest BCUT2D eigenvalue weighted by Gasteiger charge is -2.10. The molecular formula is C25H50O3. The van der Waals surface area contributed by atoms with Gasteiger partial charge in [0.25, 0.3) is 0 Å². The molecule has 0 heterocycles. The number of methoxy groups -OCH3 is 1. The second-order valence-corrected chi connectivity index (χ2v) is 8.57. The highest BCUT2D eigenvalue weighted by Crippen LogP contribution is 2.15. The molecule has 0 rings (SSSR count). The molecule has 0 spiro atoms. The molecule has 0 fully saturated rings. The second-order valence-electron chi connectivity index (χ2n) is 8.57. The summed E-state index contributed by atoms with van der Waals surface area (Å²) >= 11 is 0. The molecule has 0 bridgehead atoms. The Bertz CT molecular complexity index is 317. The lowest BCUT2D eigenvalue weighted by molar-refractivity contribution is -0.140. The molecule has 0 aromatic rings. The maximum absolute atomic E-state index is 11.0. The number of ether oxygens (including phenoxy) is 1. The summed E-state index contributed by atoms with van der Waals surface area (Å²) in [6.07, 6.45) is 25.6. The number of hydrogen-bond donors (Lipinski definition) is 1. The highest BCUT2D eigenvalue weighted by molar-refractivity contribution is 5.68. The molecule has 3 heteroatoms. The molecule has 0 aliphatic heterocycles. The van der Waals surface area contributed by atoms with Crippen molar-refractivity contribution < 1.29 is 14.6 Å². The predicted octanol–water partition coefficient (Wildman–Crippen LogP) is 7.73. The summed E-state index contributed by atoms with van der Waals surface area (Å²) in [7, 11) is 1.45. The van der Waals surface area contributed by atoms with Gasteiger partial charge >= 0.3 is 5.97 Å². The van der Waals surface area contributed by atoms with E-state index >= 15 is 0 Å². The maximum atomic E-state index is 11.0. The molecule has 0 aliphatic rings. The Balaban J connectivity index is 3.17. The van der Waals surface area contributed by atoms with E-state index in [2.05, 4.69) is 11.7 Å². The minimum absolute atomic E-state index is 0.0950. The van der Waals surface area contributed by atoms with Crippen molar-refractivity contribution in [1.82, 2.24) is 0 Å². The van der Waals surface area contributed by atoms with Gasteiger partial charge in [-0.05, 0) is 19.3 Å². The van der Waals surface area contributed by atoms with Crippen molar-refractivity contribution in [3.05, 3.63) is 0 Å². The lowest BCUT2D eigenvalue weighted by Crippen LogP contribution is -2.05. The van der Waals surface area contributed by atoms with Crippen LogP contribution < -0.4 is 0 Å². The van der Waals surface area contributed by atoms with E-state index in [1.165, 1.54) is 103 Å². The predicted molar refractivity (Wildman–Crippen MR) is 121 cm³/mol. The smallest absolute Gasteiger partial charge is 0.305 e. The molecule has 0 saturated heterocycles. The summed E-state index contributed by atoms with van der Waals surface area (Å²) in [6.45, 7) is 2.28. The first-order valence-corrected chi connectivity index (χ1v) is 12.5. The van der Waals surface area contributed by atoms with E-state index in [4.69, 9.17) is 0 Å². The molecule has 0 amide bonds. The highest BCUT2D eigenvalue weighted by atomic mass is 16.5. The Morgan fingerprint density at radius 1 is 0.643 bits per heavy atom. The van der Waals surface area contributed by atoms with E-state index in [-0.39, 0.29) is 12.1 Å². The second kappa shape index (κ2) is 22.7. The van der Waals surface area contributed by atoms with E-state index in [9.17, 15) is 9.90 Å². The minimum Gasteiger partial charge on any atom is -0.469 e. The van der Waals surface area contributed by atoms with E-state index in [0.29, 0.717) is 6.42 Å². The van der Waals surface area contributed by atoms with Gasteiger partial charge in [0, 0.05) is 6.42 Å². The summed E-state index contributed by atoms with van der Waals surface area (Å²) in [5.74, 6) is -0.0964. The first kappa shape index (κ1) is 27.4. The molecule has 168 valence electrons. The molecular weight excluding hydrogens is 348 g/mol. The quantitative estimate of drug-likeness (QED) is 0.150. The molecule has 0 aromatic heterocycles. The van der Waals surface area contributed by atoms with Crippen LogP contribution in [-0.2, 0) is 9.53 Å². The van der Waals surface area contributed by atoms with Gasteiger partial charge in [0.15, 0.2) is 0 Å². The molecule has 3 nitrogen and oxygen atoms in total. The standard InChI is InChI=1S/C25H50O3/c1-3-4-5-6-7-8-9-10-11-12-15-18-21-24(26)22-19-16-13-14-17-20-23-25(27)28-2/h24,26H,3-23H2,1-2H3. The van der Waals surface area contributed by atoms with Gasteiger partial charge in [0.2, 0.25) is 0 Å². The summed E-state index contributed by atoms with van der Waals surface area (Å²) in [5.41, 5.74) is 0. The van der Waals surface area contributed by atoms with Crippen LogP contribution in [0, 0.1) is 0 Å². The Hall–Kier alpha value is -0.570. The maximum Gasteiger partial charge on any atom is 0.305 e. The SMILES string of the molecule is CCCCCCCCCCCCCCC(O)CCCCCCCCC(=O)OC. The van der Waals surface area contributed by atoms with Gasteiger partial charge in [-0.2, -0.15) is 0 Å². The fourth-order valence-electron chi connectivity index (χ4n) is 3.82. The van der Waals surface area contributed by atoms with Crippen LogP contribution in [0.5, 0.6) is 0 Å². The number of rotatable bonds is 22. The van der Waals surface area contributed by atoms with Gasteiger partial charge in [0.1, 0.15) is 0 Å². The molecule has 0 saturated carbocycles. The van der Waals surface area contributed by atoms with Crippen molar-refractivity contribution in [2.75, 3.05) is 7.11 Å². The van der Waals surface area contributed by atoms with Gasteiger partial charge in [-0.1, -0.05) is 116 Å². The number of aliphatic hydroxyl groups excluding tert-OH is 1. The average molecular weight is 399 g/mol. The summed E-state index contributed by atoms with van der Waals surface area (Å²) < 4.78 is 4.64. The summed E-state index contributed by atoms with van der Waals surface area (Å²) in [5, 5.41) is 10.1. The topological polar surface area (TPSA) is 46.5 Å². The Labute approximate surface area is 176 Å². The van der Waals surface area contributed by atoms with Crippen molar-refractivity contribution >= 4 is 5.97 Å². The largest absolute Gasteiger partial charge is 0.469 e. The van der Waals surface area contributed by atoms with Crippen LogP contribution >= 0.6 is 0 Å². The van der Waals surface area contributed by atoms with Crippen molar-refractivity contribution in [2.45, 2.75) is 148 Å². The summed E-state index contributed by atoms with van der Waals surface area (Å²) in [6, 6.07) is 0. The monoisotopic (exact) mass is 398 g/mol. The Morgan fingerprint density at radius 2 is 1.00 bits per heavy atom. The van der Waals surface area contributed by atoms with Crippen LogP contribution in [0.3, 0.4) is 0 Å². The normalized spacial score (nSPS) is 12.2. The van der Waals surface area contributed by atoms with Crippen LogP contribution in [0.15, 0.2) is 0 Å². The molecule has 0 radical (unpaired) electrons. The van der Waals surface area contributed by atoms with E-state index in [0.717, 1.165) is 32.1 Å². The fraction of sp³-hybridized carbons (Fsp3) is 0.960. The van der Waals surface area contributed by atoms with Gasteiger partial charge in [0.05, 0.1) is 13.2 Å². The van der Waals surface area contributed by atoms with Crippen molar-refractivity contribution in [3.8, 4) is 0 Å². The zero-order valence-corrected chi connectivity index (χ0v) is 19.2. The third-order valence-electron chi connectivity index (χ3n) is 5.79. The summed E-state index contributed by atoms with van der Waals surface area (Å²) in [4.78, 5) is 11.0. The van der Waals surface area contributed by atoms with Crippen molar-refractivity contribution in [2.24, 2.45) is 0 Å². The molecule has 1 N–H and O–H groups in total. The molecule has 1 atom stereocenters. The van der Waals surface area contributed by atoms with Crippen LogP contribution in [-0.4, -0.2) is 24.3 Å². The zero-order chi connectivity index (χ0) is 20.7. The number of carbonyl (C=O) groups is 1. The van der Waals surface area contributed by atoms with Crippen LogP contribution in [0.25, 0.3) is 0 Å². The van der Waals surface area contributed by atoms with Gasteiger partial charge in [-0.15, -0.1) is 0 Å². The van der Waals surface area contributed by atoms with Gasteiger partial charge < -0.3 is 9.84 Å². The van der Waals surface area contributed by atoms with Crippen molar-refractivity contribution in [1.29, 1.82) is 0 Å². The lowest BCUT2D eigenvalue weighted by atomic mass is 10.0. The van der Waals surface area contributed by atoms with E-state index in [1.54, 1.807) is 0 Å². The third kappa shape index (κ3) is 21.7. The number of unbranched alkanes of at least 4 members (excludes halogenated alkanes) is 16. The van der Waals surface area contributed by atoms with Crippen LogP contribution in [0.2, 0.25) is 0 Å². The van der Waals surface area contributed by atoms with Gasteiger partial charge in [-0.25, -0.2) is 0 Å². The van der Waals surface area contributed by atoms with E-state index in [1.807, 2.05) is 0 Å².